The summed E-state index contributed by atoms with van der Waals surface area (Å²) in [6, 6.07) is 0. The number of hydrogen-bond acceptors (Lipinski definition) is 7. The van der Waals surface area contributed by atoms with Gasteiger partial charge in [-0.15, -0.1) is 0 Å². The van der Waals surface area contributed by atoms with E-state index in [1.54, 1.807) is 20.8 Å². The SMILES string of the molecule is Cc1[nH]c(C(=O)OCC(=O)c2c(N)n(CC(C)C)c(=O)n(C)c2=O)c(C)c1[C@H](C)O. The van der Waals surface area contributed by atoms with Crippen LogP contribution in [-0.2, 0) is 18.3 Å². The minimum absolute atomic E-state index is 0.0467. The van der Waals surface area contributed by atoms with Crippen molar-refractivity contribution in [3.8, 4) is 0 Å². The molecule has 0 radical (unpaired) electrons. The molecule has 0 aliphatic heterocycles. The van der Waals surface area contributed by atoms with Crippen LogP contribution in [0, 0.1) is 19.8 Å². The van der Waals surface area contributed by atoms with E-state index in [1.165, 1.54) is 7.05 Å². The molecule has 0 aliphatic rings. The number of anilines is 1. The van der Waals surface area contributed by atoms with E-state index in [4.69, 9.17) is 10.5 Å². The number of carbonyl (C=O) groups is 2. The van der Waals surface area contributed by atoms with Crippen molar-refractivity contribution in [2.45, 2.75) is 47.3 Å². The standard InChI is InChI=1S/C20H28N4O6/c1-9(2)7-24-17(21)15(18(27)23(6)20(24)29)13(26)8-30-19(28)16-10(3)14(12(5)25)11(4)22-16/h9,12,22,25H,7-8,21H2,1-6H3/t12-/m0/s1. The number of aromatic amines is 1. The van der Waals surface area contributed by atoms with Gasteiger partial charge in [0.25, 0.3) is 5.56 Å². The van der Waals surface area contributed by atoms with Gasteiger partial charge in [0.1, 0.15) is 17.1 Å². The Morgan fingerprint density at radius 3 is 2.30 bits per heavy atom. The van der Waals surface area contributed by atoms with Gasteiger partial charge in [-0.05, 0) is 32.3 Å². The Morgan fingerprint density at radius 2 is 1.80 bits per heavy atom. The van der Waals surface area contributed by atoms with Crippen molar-refractivity contribution in [1.29, 1.82) is 0 Å². The summed E-state index contributed by atoms with van der Waals surface area (Å²) in [7, 11) is 1.26. The number of nitrogens with zero attached hydrogens (tertiary/aromatic N) is 2. The zero-order valence-electron chi connectivity index (χ0n) is 18.0. The molecule has 2 aromatic rings. The minimum Gasteiger partial charge on any atom is -0.453 e. The number of aryl methyl sites for hydroxylation is 1. The molecule has 0 saturated heterocycles. The summed E-state index contributed by atoms with van der Waals surface area (Å²) < 4.78 is 7.05. The highest BCUT2D eigenvalue weighted by Crippen LogP contribution is 2.24. The molecule has 0 spiro atoms. The first kappa shape index (κ1) is 23.1. The number of aliphatic hydroxyl groups is 1. The summed E-state index contributed by atoms with van der Waals surface area (Å²) in [5.74, 6) is -1.82. The van der Waals surface area contributed by atoms with Gasteiger partial charge in [0.05, 0.1) is 6.10 Å². The Hall–Kier alpha value is -3.14. The van der Waals surface area contributed by atoms with Crippen LogP contribution in [0.3, 0.4) is 0 Å². The second kappa shape index (κ2) is 8.70. The van der Waals surface area contributed by atoms with Crippen LogP contribution in [0.5, 0.6) is 0 Å². The number of aromatic nitrogens is 3. The predicted molar refractivity (Wildman–Crippen MR) is 111 cm³/mol. The summed E-state index contributed by atoms with van der Waals surface area (Å²) in [5, 5.41) is 9.84. The van der Waals surface area contributed by atoms with E-state index in [0.717, 1.165) is 9.13 Å². The van der Waals surface area contributed by atoms with Crippen molar-refractivity contribution in [2.24, 2.45) is 13.0 Å². The van der Waals surface area contributed by atoms with Gasteiger partial charge in [-0.3, -0.25) is 18.7 Å². The number of H-pyrrole nitrogens is 1. The Bertz CT molecular complexity index is 1100. The number of ether oxygens (including phenoxy) is 1. The molecule has 0 fully saturated rings. The topological polar surface area (TPSA) is 149 Å². The van der Waals surface area contributed by atoms with Crippen LogP contribution >= 0.6 is 0 Å². The first-order valence-electron chi connectivity index (χ1n) is 9.55. The molecule has 30 heavy (non-hydrogen) atoms. The van der Waals surface area contributed by atoms with Crippen LogP contribution in [0.15, 0.2) is 9.59 Å². The van der Waals surface area contributed by atoms with Crippen molar-refractivity contribution >= 4 is 17.6 Å². The molecular weight excluding hydrogens is 392 g/mol. The summed E-state index contributed by atoms with van der Waals surface area (Å²) in [4.78, 5) is 52.7. The number of Topliss-reactive ketones (excluding diaryl/α,β-unsaturated/α-hetero) is 1. The lowest BCUT2D eigenvalue weighted by atomic mass is 10.1. The highest BCUT2D eigenvalue weighted by molar-refractivity contribution is 6.02. The maximum atomic E-state index is 12.7. The van der Waals surface area contributed by atoms with E-state index in [0.29, 0.717) is 16.8 Å². The quantitative estimate of drug-likeness (QED) is 0.443. The Labute approximate surface area is 173 Å². The molecule has 0 bridgehead atoms. The largest absolute Gasteiger partial charge is 0.453 e. The number of esters is 1. The number of nitrogen functional groups attached to an aromatic ring is 1. The highest BCUT2D eigenvalue weighted by atomic mass is 16.5. The molecule has 1 atom stereocenters. The molecule has 0 aromatic carbocycles. The number of nitrogens with two attached hydrogens (primary N) is 1. The van der Waals surface area contributed by atoms with E-state index < -0.39 is 41.3 Å². The number of hydrogen-bond donors (Lipinski definition) is 3. The number of aliphatic hydroxyl groups excluding tert-OH is 1. The van der Waals surface area contributed by atoms with Gasteiger partial charge in [-0.1, -0.05) is 13.8 Å². The summed E-state index contributed by atoms with van der Waals surface area (Å²) >= 11 is 0. The van der Waals surface area contributed by atoms with E-state index >= 15 is 0 Å². The lowest BCUT2D eigenvalue weighted by Gasteiger charge is -2.16. The third-order valence-corrected chi connectivity index (χ3v) is 4.86. The Kier molecular flexibility index (Phi) is 6.71. The molecule has 2 heterocycles. The molecule has 0 unspecified atom stereocenters. The predicted octanol–water partition coefficient (Wildman–Crippen LogP) is 0.823. The minimum atomic E-state index is -0.846. The van der Waals surface area contributed by atoms with Crippen molar-refractivity contribution in [3.63, 3.8) is 0 Å². The van der Waals surface area contributed by atoms with Crippen LogP contribution in [-0.4, -0.2) is 37.6 Å². The molecule has 0 saturated carbocycles. The van der Waals surface area contributed by atoms with E-state index in [9.17, 15) is 24.3 Å². The van der Waals surface area contributed by atoms with E-state index in [-0.39, 0.29) is 24.0 Å². The van der Waals surface area contributed by atoms with Gasteiger partial charge in [0, 0.05) is 24.8 Å². The molecular formula is C20H28N4O6. The number of rotatable bonds is 7. The highest BCUT2D eigenvalue weighted by Gasteiger charge is 2.25. The molecule has 10 heteroatoms. The third kappa shape index (κ3) is 4.23. The van der Waals surface area contributed by atoms with Gasteiger partial charge in [0.15, 0.2) is 6.61 Å². The normalized spacial score (nSPS) is 12.3. The number of ketones is 1. The molecule has 0 aliphatic carbocycles. The molecule has 2 aromatic heterocycles. The lowest BCUT2D eigenvalue weighted by molar-refractivity contribution is 0.0468. The van der Waals surface area contributed by atoms with E-state index in [1.807, 2.05) is 13.8 Å². The van der Waals surface area contributed by atoms with Crippen molar-refractivity contribution in [2.75, 3.05) is 12.3 Å². The second-order valence-electron chi connectivity index (χ2n) is 7.75. The maximum Gasteiger partial charge on any atom is 0.355 e. The average molecular weight is 420 g/mol. The van der Waals surface area contributed by atoms with Crippen molar-refractivity contribution in [1.82, 2.24) is 14.1 Å². The smallest absolute Gasteiger partial charge is 0.355 e. The summed E-state index contributed by atoms with van der Waals surface area (Å²) in [6.45, 7) is 8.16. The fourth-order valence-electron chi connectivity index (χ4n) is 3.46. The first-order valence-corrected chi connectivity index (χ1v) is 9.55. The van der Waals surface area contributed by atoms with Crippen LogP contribution in [0.2, 0.25) is 0 Å². The average Bonchev–Trinajstić information content (AvgIpc) is 2.96. The second-order valence-corrected chi connectivity index (χ2v) is 7.75. The lowest BCUT2D eigenvalue weighted by Crippen LogP contribution is -2.43. The fourth-order valence-corrected chi connectivity index (χ4v) is 3.46. The number of nitrogens with one attached hydrogen (secondary N) is 1. The van der Waals surface area contributed by atoms with Gasteiger partial charge >= 0.3 is 11.7 Å². The van der Waals surface area contributed by atoms with Crippen LogP contribution < -0.4 is 17.0 Å². The van der Waals surface area contributed by atoms with E-state index in [2.05, 4.69) is 4.98 Å². The molecule has 4 N–H and O–H groups in total. The van der Waals surface area contributed by atoms with Gasteiger partial charge in [-0.25, -0.2) is 9.59 Å². The molecule has 2 rings (SSSR count). The Balaban J connectivity index is 2.32. The molecule has 164 valence electrons. The van der Waals surface area contributed by atoms with Gasteiger partial charge < -0.3 is 20.6 Å². The summed E-state index contributed by atoms with van der Waals surface area (Å²) in [6.07, 6.45) is -0.783. The van der Waals surface area contributed by atoms with Crippen molar-refractivity contribution in [3.05, 3.63) is 48.9 Å². The van der Waals surface area contributed by atoms with Crippen LogP contribution in [0.25, 0.3) is 0 Å². The zero-order chi connectivity index (χ0) is 22.9. The molecule has 0 amide bonds. The molecule has 10 nitrogen and oxygen atoms in total. The maximum absolute atomic E-state index is 12.7. The van der Waals surface area contributed by atoms with Crippen molar-refractivity contribution < 1.29 is 19.4 Å². The van der Waals surface area contributed by atoms with Gasteiger partial charge in [-0.2, -0.15) is 0 Å². The zero-order valence-corrected chi connectivity index (χ0v) is 18.0. The van der Waals surface area contributed by atoms with Crippen LogP contribution in [0.4, 0.5) is 5.82 Å². The van der Waals surface area contributed by atoms with Gasteiger partial charge in [0.2, 0.25) is 5.78 Å². The monoisotopic (exact) mass is 420 g/mol. The third-order valence-electron chi connectivity index (χ3n) is 4.86. The fraction of sp³-hybridized carbons (Fsp3) is 0.500. The number of carbonyl (C=O) groups excluding carboxylic acids is 2. The Morgan fingerprint density at radius 1 is 1.20 bits per heavy atom. The first-order chi connectivity index (χ1) is 13.9. The summed E-state index contributed by atoms with van der Waals surface area (Å²) in [5.41, 5.74) is 5.91. The van der Waals surface area contributed by atoms with Crippen LogP contribution in [0.1, 0.15) is 64.5 Å².